The quantitative estimate of drug-likeness (QED) is 0.144. The van der Waals surface area contributed by atoms with Crippen molar-refractivity contribution in [1.82, 2.24) is 20.0 Å². The Hall–Kier alpha value is -5.28. The molecule has 0 bridgehead atoms. The lowest BCUT2D eigenvalue weighted by Gasteiger charge is -2.49. The zero-order valence-electron chi connectivity index (χ0n) is 26.9. The molecule has 1 aromatic heterocycles. The molecule has 256 valence electrons. The number of furan rings is 1. The number of amides is 3. The predicted octanol–water partition coefficient (Wildman–Crippen LogP) is 2.02. The molecule has 1 N–H and O–H groups in total. The lowest BCUT2D eigenvalue weighted by atomic mass is 10.0. The number of β-lactam (4-membered cyclic amide) rings is 1. The number of nitrogens with zero attached hydrogens (tertiary/aromatic N) is 4. The number of nitrogens with one attached hydrogen (secondary N) is 1. The number of piperazine rings is 1. The molecular weight excluding hydrogens is 654 g/mol. The topological polar surface area (TPSA) is 160 Å². The van der Waals surface area contributed by atoms with Crippen LogP contribution in [0.4, 0.5) is 4.79 Å². The number of oxime groups is 1. The minimum absolute atomic E-state index is 0.0919. The molecule has 49 heavy (non-hydrogen) atoms. The smallest absolute Gasteiger partial charge is 0.410 e. The molecule has 0 aliphatic carbocycles. The van der Waals surface area contributed by atoms with Gasteiger partial charge in [0.25, 0.3) is 11.8 Å². The Labute approximate surface area is 284 Å². The fourth-order valence-corrected chi connectivity index (χ4v) is 7.51. The van der Waals surface area contributed by atoms with Gasteiger partial charge in [0.1, 0.15) is 30.8 Å². The normalized spacial score (nSPS) is 21.2. The highest BCUT2D eigenvalue weighted by Crippen LogP contribution is 2.37. The Balaban J connectivity index is 1.29. The summed E-state index contributed by atoms with van der Waals surface area (Å²) in [7, 11) is 1.40. The number of likely N-dealkylation sites (N-methyl/N-ethyl adjacent to an activating group) is 1. The van der Waals surface area contributed by atoms with Crippen molar-refractivity contribution >= 4 is 40.4 Å². The van der Waals surface area contributed by atoms with E-state index < -0.39 is 52.2 Å². The van der Waals surface area contributed by atoms with E-state index in [9.17, 15) is 23.4 Å². The van der Waals surface area contributed by atoms with Crippen LogP contribution in [0.15, 0.2) is 99.9 Å². The molecule has 0 spiro atoms. The third kappa shape index (κ3) is 7.12. The number of rotatable bonds is 10. The molecule has 6 rings (SSSR count). The average Bonchev–Trinajstić information content (AvgIpc) is 3.66. The Morgan fingerprint density at radius 2 is 1.63 bits per heavy atom. The van der Waals surface area contributed by atoms with Gasteiger partial charge in [-0.05, 0) is 30.3 Å². The van der Waals surface area contributed by atoms with Crippen LogP contribution in [0.1, 0.15) is 23.0 Å². The maximum Gasteiger partial charge on any atom is 0.410 e. The Morgan fingerprint density at radius 3 is 2.22 bits per heavy atom. The Kier molecular flexibility index (Phi) is 10.2. The van der Waals surface area contributed by atoms with Gasteiger partial charge in [0.05, 0.1) is 22.8 Å². The van der Waals surface area contributed by atoms with Crippen LogP contribution in [0.3, 0.4) is 0 Å². The molecular formula is C34H35N5O9S. The molecule has 3 aliphatic rings. The first-order valence-electron chi connectivity index (χ1n) is 15.6. The summed E-state index contributed by atoms with van der Waals surface area (Å²) in [5.74, 6) is -2.50. The highest BCUT2D eigenvalue weighted by Gasteiger charge is 2.58. The minimum atomic E-state index is -1.81. The number of hydrogen-bond donors (Lipinski definition) is 1. The van der Waals surface area contributed by atoms with Crippen LogP contribution >= 0.6 is 0 Å². The molecule has 2 aromatic carbocycles. The van der Waals surface area contributed by atoms with Crippen LogP contribution in [0.2, 0.25) is 0 Å². The molecule has 2 saturated heterocycles. The molecule has 14 nitrogen and oxygen atoms in total. The number of carbonyl (C=O) groups excluding carboxylic acids is 4. The predicted molar refractivity (Wildman–Crippen MR) is 176 cm³/mol. The van der Waals surface area contributed by atoms with Crippen LogP contribution < -0.4 is 5.32 Å². The third-order valence-electron chi connectivity index (χ3n) is 8.40. The number of hydrogen-bond acceptors (Lipinski definition) is 11. The molecule has 3 atom stereocenters. The van der Waals surface area contributed by atoms with Crippen molar-refractivity contribution in [2.45, 2.75) is 17.5 Å². The van der Waals surface area contributed by atoms with Crippen molar-refractivity contribution in [3.05, 3.63) is 107 Å². The largest absolute Gasteiger partial charge is 0.462 e. The molecule has 4 heterocycles. The van der Waals surface area contributed by atoms with Crippen molar-refractivity contribution in [2.24, 2.45) is 5.16 Å². The fourth-order valence-electron chi connectivity index (χ4n) is 5.84. The summed E-state index contributed by atoms with van der Waals surface area (Å²) in [4.78, 5) is 63.7. The molecule has 2 unspecified atom stereocenters. The number of benzene rings is 2. The molecule has 15 heteroatoms. The van der Waals surface area contributed by atoms with Crippen molar-refractivity contribution in [2.75, 3.05) is 52.7 Å². The van der Waals surface area contributed by atoms with Gasteiger partial charge in [0.15, 0.2) is 11.9 Å². The van der Waals surface area contributed by atoms with Crippen LogP contribution in [-0.2, 0) is 39.5 Å². The van der Waals surface area contributed by atoms with Crippen molar-refractivity contribution in [3.63, 3.8) is 0 Å². The van der Waals surface area contributed by atoms with Gasteiger partial charge in [-0.1, -0.05) is 65.8 Å². The molecule has 3 amide bonds. The van der Waals surface area contributed by atoms with E-state index in [1.807, 2.05) is 67.7 Å². The van der Waals surface area contributed by atoms with Crippen molar-refractivity contribution in [1.29, 1.82) is 0 Å². The van der Waals surface area contributed by atoms with E-state index in [4.69, 9.17) is 18.7 Å². The van der Waals surface area contributed by atoms with Crippen LogP contribution in [0.25, 0.3) is 0 Å². The summed E-state index contributed by atoms with van der Waals surface area (Å²) in [6, 6.07) is 20.0. The summed E-state index contributed by atoms with van der Waals surface area (Å²) in [6.45, 7) is 1.89. The van der Waals surface area contributed by atoms with Gasteiger partial charge in [-0.3, -0.25) is 18.7 Å². The number of fused-ring (bicyclic) bond motifs is 1. The second-order valence-corrected chi connectivity index (χ2v) is 13.1. The third-order valence-corrected chi connectivity index (χ3v) is 10.1. The number of ether oxygens (including phenoxy) is 2. The van der Waals surface area contributed by atoms with Gasteiger partial charge >= 0.3 is 12.1 Å². The van der Waals surface area contributed by atoms with E-state index >= 15 is 0 Å². The highest BCUT2D eigenvalue weighted by molar-refractivity contribution is 7.86. The number of carbonyl (C=O) groups is 4. The van der Waals surface area contributed by atoms with Crippen molar-refractivity contribution in [3.8, 4) is 0 Å². The highest BCUT2D eigenvalue weighted by atomic mass is 32.2. The minimum Gasteiger partial charge on any atom is -0.462 e. The average molecular weight is 690 g/mol. The van der Waals surface area contributed by atoms with Crippen molar-refractivity contribution < 1.29 is 42.1 Å². The summed E-state index contributed by atoms with van der Waals surface area (Å²) in [5.41, 5.74) is 1.12. The molecule has 3 aromatic rings. The summed E-state index contributed by atoms with van der Waals surface area (Å²) in [5, 5.41) is 5.19. The zero-order valence-corrected chi connectivity index (χ0v) is 27.7. The van der Waals surface area contributed by atoms with E-state index in [0.717, 1.165) is 4.90 Å². The number of esters is 1. The van der Waals surface area contributed by atoms with Crippen LogP contribution in [0, 0.1) is 0 Å². The van der Waals surface area contributed by atoms with Gasteiger partial charge in [-0.15, -0.1) is 0 Å². The maximum atomic E-state index is 14.2. The maximum absolute atomic E-state index is 14.2. The molecule has 0 radical (unpaired) electrons. The van der Waals surface area contributed by atoms with Gasteiger partial charge < -0.3 is 33.8 Å². The van der Waals surface area contributed by atoms with Gasteiger partial charge in [0, 0.05) is 31.8 Å². The summed E-state index contributed by atoms with van der Waals surface area (Å²) >= 11 is 0. The Morgan fingerprint density at radius 1 is 0.980 bits per heavy atom. The van der Waals surface area contributed by atoms with Crippen LogP contribution in [0.5, 0.6) is 0 Å². The molecule has 2 fully saturated rings. The second kappa shape index (κ2) is 14.9. The van der Waals surface area contributed by atoms with Gasteiger partial charge in [0.2, 0.25) is 5.71 Å². The summed E-state index contributed by atoms with van der Waals surface area (Å²) < 4.78 is 30.7. The van der Waals surface area contributed by atoms with E-state index in [-0.39, 0.29) is 35.1 Å². The van der Waals surface area contributed by atoms with Crippen LogP contribution in [-0.4, -0.2) is 113 Å². The lowest BCUT2D eigenvalue weighted by Crippen LogP contribution is -2.74. The first kappa shape index (κ1) is 33.6. The zero-order chi connectivity index (χ0) is 34.5. The van der Waals surface area contributed by atoms with E-state index in [2.05, 4.69) is 15.4 Å². The van der Waals surface area contributed by atoms with E-state index in [1.54, 1.807) is 11.0 Å². The molecule has 3 aliphatic heterocycles. The molecule has 0 saturated carbocycles. The lowest BCUT2D eigenvalue weighted by molar-refractivity contribution is -0.154. The monoisotopic (exact) mass is 689 g/mol. The Bertz CT molecular complexity index is 1730. The standard InChI is InChI=1S/C34H35N5O9S/c1-37-15-17-38(18-16-37)34(43)47-20-24-21-49(44)32-27(35-30(40)26(36-45-2)25-14-9-19-46-25)31(41)39(32)28(24)33(42)48-29(22-10-5-3-6-11-22)23-12-7-4-8-13-23/h3-14,19,27,29,32H,15-18,20-21H2,1-2H3,(H,35,40)/t27?,32-,49?/m1/s1. The van der Waals surface area contributed by atoms with Gasteiger partial charge in [-0.2, -0.15) is 0 Å². The second-order valence-electron chi connectivity index (χ2n) is 11.6. The first-order valence-corrected chi connectivity index (χ1v) is 16.9. The SMILES string of the molecule is CON=C(C(=O)NC1C(=O)N2C(C(=O)OC(c3ccccc3)c3ccccc3)=C(COC(=O)N3CCN(C)CC3)CS(=O)[C@H]12)c1ccco1. The van der Waals surface area contributed by atoms with E-state index in [0.29, 0.717) is 37.3 Å². The first-order chi connectivity index (χ1) is 23.8. The van der Waals surface area contributed by atoms with Gasteiger partial charge in [-0.25, -0.2) is 9.59 Å². The van der Waals surface area contributed by atoms with E-state index in [1.165, 1.54) is 19.4 Å². The summed E-state index contributed by atoms with van der Waals surface area (Å²) in [6.07, 6.45) is -0.0925. The fraction of sp³-hybridized carbons (Fsp3) is 0.324.